The van der Waals surface area contributed by atoms with E-state index in [0.29, 0.717) is 10.9 Å². The predicted octanol–water partition coefficient (Wildman–Crippen LogP) is 3.14. The SMILES string of the molecule is Nn1cc(-c2ccccc2)nc1SCC(=O)NC1CCN(Cc2ccccc2)CC1. The van der Waals surface area contributed by atoms with Gasteiger partial charge in [-0.1, -0.05) is 72.4 Å². The first-order chi connectivity index (χ1) is 14.7. The molecule has 2 aromatic carbocycles. The van der Waals surface area contributed by atoms with Crippen LogP contribution in [0.5, 0.6) is 0 Å². The quantitative estimate of drug-likeness (QED) is 0.453. The number of amides is 1. The normalized spacial score (nSPS) is 15.2. The summed E-state index contributed by atoms with van der Waals surface area (Å²) < 4.78 is 1.49. The van der Waals surface area contributed by atoms with Crippen LogP contribution in [0.3, 0.4) is 0 Å². The van der Waals surface area contributed by atoms with Gasteiger partial charge in [-0.05, 0) is 18.4 Å². The summed E-state index contributed by atoms with van der Waals surface area (Å²) in [6.07, 6.45) is 3.75. The highest BCUT2D eigenvalue weighted by atomic mass is 32.2. The number of nitrogen functional groups attached to an aromatic ring is 1. The van der Waals surface area contributed by atoms with Crippen LogP contribution >= 0.6 is 11.8 Å². The van der Waals surface area contributed by atoms with Crippen LogP contribution in [0.4, 0.5) is 0 Å². The molecule has 0 aliphatic carbocycles. The van der Waals surface area contributed by atoms with E-state index in [0.717, 1.165) is 43.7 Å². The Morgan fingerprint density at radius 1 is 1.07 bits per heavy atom. The number of likely N-dealkylation sites (tertiary alicyclic amines) is 1. The van der Waals surface area contributed by atoms with Crippen molar-refractivity contribution in [3.63, 3.8) is 0 Å². The third kappa shape index (κ3) is 5.43. The number of nitrogens with one attached hydrogen (secondary N) is 1. The Balaban J connectivity index is 1.22. The van der Waals surface area contributed by atoms with E-state index in [2.05, 4.69) is 39.5 Å². The summed E-state index contributed by atoms with van der Waals surface area (Å²) in [5, 5.41) is 3.81. The Hall–Kier alpha value is -2.77. The van der Waals surface area contributed by atoms with Gasteiger partial charge in [0.2, 0.25) is 5.91 Å². The molecule has 1 fully saturated rings. The maximum atomic E-state index is 12.4. The number of hydrogen-bond donors (Lipinski definition) is 2. The summed E-state index contributed by atoms with van der Waals surface area (Å²) in [6, 6.07) is 20.7. The van der Waals surface area contributed by atoms with E-state index in [-0.39, 0.29) is 11.9 Å². The van der Waals surface area contributed by atoms with Crippen LogP contribution in [0.1, 0.15) is 18.4 Å². The Labute approximate surface area is 181 Å². The number of aromatic nitrogens is 2. The first kappa shape index (κ1) is 20.5. The van der Waals surface area contributed by atoms with Crippen molar-refractivity contribution in [3.05, 3.63) is 72.4 Å². The first-order valence-corrected chi connectivity index (χ1v) is 11.2. The monoisotopic (exact) mass is 421 g/mol. The molecule has 4 rings (SSSR count). The molecule has 1 aliphatic heterocycles. The van der Waals surface area contributed by atoms with E-state index in [1.165, 1.54) is 22.0 Å². The van der Waals surface area contributed by atoms with Crippen molar-refractivity contribution in [3.8, 4) is 11.3 Å². The van der Waals surface area contributed by atoms with Crippen molar-refractivity contribution in [1.82, 2.24) is 19.9 Å². The molecule has 1 amide bonds. The lowest BCUT2D eigenvalue weighted by atomic mass is 10.0. The van der Waals surface area contributed by atoms with Gasteiger partial charge in [0.05, 0.1) is 17.6 Å². The topological polar surface area (TPSA) is 76.2 Å². The summed E-state index contributed by atoms with van der Waals surface area (Å²) in [4.78, 5) is 19.4. The van der Waals surface area contributed by atoms with Gasteiger partial charge in [0.25, 0.3) is 0 Å². The van der Waals surface area contributed by atoms with Crippen molar-refractivity contribution in [2.24, 2.45) is 0 Å². The molecule has 6 nitrogen and oxygen atoms in total. The summed E-state index contributed by atoms with van der Waals surface area (Å²) in [5.74, 6) is 6.37. The zero-order valence-electron chi connectivity index (χ0n) is 16.9. The largest absolute Gasteiger partial charge is 0.353 e. The molecule has 0 atom stereocenters. The van der Waals surface area contributed by atoms with Crippen LogP contribution in [-0.4, -0.2) is 45.4 Å². The van der Waals surface area contributed by atoms with Gasteiger partial charge in [-0.25, -0.2) is 9.66 Å². The molecule has 1 saturated heterocycles. The number of carbonyl (C=O) groups excluding carboxylic acids is 1. The van der Waals surface area contributed by atoms with Gasteiger partial charge in [0.15, 0.2) is 5.16 Å². The molecule has 0 unspecified atom stereocenters. The molecule has 2 heterocycles. The summed E-state index contributed by atoms with van der Waals surface area (Å²) in [5.41, 5.74) is 3.16. The molecule has 156 valence electrons. The number of nitrogens with two attached hydrogens (primary N) is 1. The van der Waals surface area contributed by atoms with Gasteiger partial charge in [-0.3, -0.25) is 9.69 Å². The number of carbonyl (C=O) groups is 1. The third-order valence-corrected chi connectivity index (χ3v) is 6.27. The highest BCUT2D eigenvalue weighted by Crippen LogP contribution is 2.22. The van der Waals surface area contributed by atoms with Gasteiger partial charge in [-0.2, -0.15) is 0 Å². The Morgan fingerprint density at radius 3 is 2.43 bits per heavy atom. The van der Waals surface area contributed by atoms with Crippen molar-refractivity contribution < 1.29 is 4.79 Å². The van der Waals surface area contributed by atoms with Gasteiger partial charge in [0.1, 0.15) is 0 Å². The first-order valence-electron chi connectivity index (χ1n) is 10.3. The van der Waals surface area contributed by atoms with E-state index in [1.54, 1.807) is 6.20 Å². The van der Waals surface area contributed by atoms with Crippen LogP contribution in [-0.2, 0) is 11.3 Å². The molecule has 0 spiro atoms. The molecule has 0 radical (unpaired) electrons. The number of piperidine rings is 1. The number of thioether (sulfide) groups is 1. The molecule has 1 aliphatic rings. The van der Waals surface area contributed by atoms with E-state index in [4.69, 9.17) is 5.84 Å². The number of benzene rings is 2. The Morgan fingerprint density at radius 2 is 1.73 bits per heavy atom. The molecule has 1 aromatic heterocycles. The molecule has 3 N–H and O–H groups in total. The van der Waals surface area contributed by atoms with Crippen LogP contribution in [0, 0.1) is 0 Å². The number of imidazole rings is 1. The number of rotatable bonds is 7. The van der Waals surface area contributed by atoms with Crippen LogP contribution in [0.15, 0.2) is 72.0 Å². The van der Waals surface area contributed by atoms with Crippen molar-refractivity contribution in [2.75, 3.05) is 24.7 Å². The van der Waals surface area contributed by atoms with Crippen LogP contribution in [0.25, 0.3) is 11.3 Å². The summed E-state index contributed by atoms with van der Waals surface area (Å²) >= 11 is 1.37. The Kier molecular flexibility index (Phi) is 6.71. The molecule has 3 aromatic rings. The zero-order valence-corrected chi connectivity index (χ0v) is 17.7. The second-order valence-electron chi connectivity index (χ2n) is 7.57. The van der Waals surface area contributed by atoms with Gasteiger partial charge in [-0.15, -0.1) is 0 Å². The van der Waals surface area contributed by atoms with E-state index in [9.17, 15) is 4.79 Å². The average Bonchev–Trinajstić information content (AvgIpc) is 3.16. The van der Waals surface area contributed by atoms with E-state index < -0.39 is 0 Å². The third-order valence-electron chi connectivity index (χ3n) is 5.30. The Bertz CT molecular complexity index is 952. The fourth-order valence-corrected chi connectivity index (χ4v) is 4.42. The van der Waals surface area contributed by atoms with E-state index in [1.807, 2.05) is 36.4 Å². The van der Waals surface area contributed by atoms with Gasteiger partial charge < -0.3 is 11.2 Å². The number of nitrogens with zero attached hydrogens (tertiary/aromatic N) is 3. The van der Waals surface area contributed by atoms with E-state index >= 15 is 0 Å². The fourth-order valence-electron chi connectivity index (χ4n) is 3.71. The lowest BCUT2D eigenvalue weighted by Crippen LogP contribution is -2.44. The fraction of sp³-hybridized carbons (Fsp3) is 0.304. The highest BCUT2D eigenvalue weighted by molar-refractivity contribution is 7.99. The lowest BCUT2D eigenvalue weighted by Gasteiger charge is -2.32. The average molecular weight is 422 g/mol. The molecule has 0 bridgehead atoms. The van der Waals surface area contributed by atoms with Crippen LogP contribution < -0.4 is 11.2 Å². The second-order valence-corrected chi connectivity index (χ2v) is 8.52. The highest BCUT2D eigenvalue weighted by Gasteiger charge is 2.21. The number of hydrogen-bond acceptors (Lipinski definition) is 5. The van der Waals surface area contributed by atoms with Crippen molar-refractivity contribution in [2.45, 2.75) is 30.6 Å². The molecular weight excluding hydrogens is 394 g/mol. The maximum Gasteiger partial charge on any atom is 0.230 e. The van der Waals surface area contributed by atoms with Crippen molar-refractivity contribution >= 4 is 17.7 Å². The molecule has 0 saturated carbocycles. The minimum atomic E-state index is 0.0331. The van der Waals surface area contributed by atoms with Crippen LogP contribution in [0.2, 0.25) is 0 Å². The standard InChI is InChI=1S/C23H27N5OS/c24-28-16-21(19-9-5-2-6-10-19)26-23(28)30-17-22(29)25-20-11-13-27(14-12-20)15-18-7-3-1-4-8-18/h1-10,16,20H,11-15,17,24H2,(H,25,29). The minimum absolute atomic E-state index is 0.0331. The smallest absolute Gasteiger partial charge is 0.230 e. The zero-order chi connectivity index (χ0) is 20.8. The van der Waals surface area contributed by atoms with Crippen molar-refractivity contribution in [1.29, 1.82) is 0 Å². The van der Waals surface area contributed by atoms with Gasteiger partial charge in [0, 0.05) is 31.2 Å². The second kappa shape index (κ2) is 9.82. The molecule has 7 heteroatoms. The predicted molar refractivity (Wildman–Crippen MR) is 121 cm³/mol. The van der Waals surface area contributed by atoms with Gasteiger partial charge >= 0.3 is 0 Å². The molecule has 30 heavy (non-hydrogen) atoms. The summed E-state index contributed by atoms with van der Waals surface area (Å²) in [6.45, 7) is 2.97. The summed E-state index contributed by atoms with van der Waals surface area (Å²) in [7, 11) is 0. The maximum absolute atomic E-state index is 12.4. The minimum Gasteiger partial charge on any atom is -0.353 e. The lowest BCUT2D eigenvalue weighted by molar-refractivity contribution is -0.119. The molecular formula is C23H27N5OS.